The van der Waals surface area contributed by atoms with E-state index in [4.69, 9.17) is 17.3 Å². The van der Waals surface area contributed by atoms with E-state index in [-0.39, 0.29) is 0 Å². The van der Waals surface area contributed by atoms with Crippen molar-refractivity contribution in [3.05, 3.63) is 28.8 Å². The minimum atomic E-state index is 0.773. The lowest BCUT2D eigenvalue weighted by molar-refractivity contribution is 0.185. The van der Waals surface area contributed by atoms with E-state index in [9.17, 15) is 0 Å². The molecule has 0 unspecified atom stereocenters. The van der Waals surface area contributed by atoms with Gasteiger partial charge in [0.25, 0.3) is 0 Å². The van der Waals surface area contributed by atoms with Gasteiger partial charge in [-0.05, 0) is 55.6 Å². The predicted molar refractivity (Wildman–Crippen MR) is 69.5 cm³/mol. The number of nitrogens with two attached hydrogens (primary N) is 1. The highest BCUT2D eigenvalue weighted by molar-refractivity contribution is 6.30. The molecule has 2 N–H and O–H groups in total. The van der Waals surface area contributed by atoms with Crippen LogP contribution in [0.3, 0.4) is 0 Å². The molecule has 0 aromatic heterocycles. The maximum Gasteiger partial charge on any atom is 0.0410 e. The van der Waals surface area contributed by atoms with E-state index in [1.165, 1.54) is 25.9 Å². The molecule has 1 heterocycles. The molecule has 2 nitrogen and oxygen atoms in total. The molecule has 0 bridgehead atoms. The van der Waals surface area contributed by atoms with Crippen LogP contribution in [-0.4, -0.2) is 18.0 Å². The van der Waals surface area contributed by atoms with E-state index in [1.54, 1.807) is 0 Å². The highest BCUT2D eigenvalue weighted by atomic mass is 35.5. The first kappa shape index (κ1) is 11.7. The summed E-state index contributed by atoms with van der Waals surface area (Å²) < 4.78 is 0. The first-order valence-corrected chi connectivity index (χ1v) is 6.29. The van der Waals surface area contributed by atoms with Crippen LogP contribution in [0.2, 0.25) is 5.02 Å². The standard InChI is InChI=1S/C13H19ClN2/c1-10-4-6-16(7-5-10)9-11-8-12(14)2-3-13(11)15/h2-3,8,10H,4-7,9,15H2,1H3. The molecule has 3 heteroatoms. The van der Waals surface area contributed by atoms with Gasteiger partial charge in [-0.3, -0.25) is 4.90 Å². The summed E-state index contributed by atoms with van der Waals surface area (Å²) in [7, 11) is 0. The maximum atomic E-state index is 5.98. The third-order valence-electron chi connectivity index (χ3n) is 3.38. The molecule has 0 aliphatic carbocycles. The normalized spacial score (nSPS) is 18.9. The highest BCUT2D eigenvalue weighted by Gasteiger charge is 2.16. The number of rotatable bonds is 2. The highest BCUT2D eigenvalue weighted by Crippen LogP contribution is 2.22. The van der Waals surface area contributed by atoms with Crippen molar-refractivity contribution < 1.29 is 0 Å². The second-order valence-corrected chi connectivity index (χ2v) is 5.24. The Balaban J connectivity index is 2.00. The van der Waals surface area contributed by atoms with Crippen molar-refractivity contribution in [2.24, 2.45) is 5.92 Å². The Hall–Kier alpha value is -0.730. The van der Waals surface area contributed by atoms with Crippen molar-refractivity contribution in [2.45, 2.75) is 26.3 Å². The van der Waals surface area contributed by atoms with Gasteiger partial charge in [0.15, 0.2) is 0 Å². The number of anilines is 1. The monoisotopic (exact) mass is 238 g/mol. The third-order valence-corrected chi connectivity index (χ3v) is 3.61. The number of benzene rings is 1. The number of nitrogen functional groups attached to an aromatic ring is 1. The lowest BCUT2D eigenvalue weighted by Gasteiger charge is -2.30. The Kier molecular flexibility index (Phi) is 3.72. The molecule has 1 saturated heterocycles. The van der Waals surface area contributed by atoms with E-state index in [0.717, 1.165) is 28.7 Å². The van der Waals surface area contributed by atoms with Crippen LogP contribution in [0.25, 0.3) is 0 Å². The molecule has 1 aliphatic rings. The summed E-state index contributed by atoms with van der Waals surface area (Å²) in [5.41, 5.74) is 7.95. The molecule has 88 valence electrons. The number of halogens is 1. The van der Waals surface area contributed by atoms with Gasteiger partial charge in [0, 0.05) is 17.3 Å². The van der Waals surface area contributed by atoms with Gasteiger partial charge in [0.1, 0.15) is 0 Å². The van der Waals surface area contributed by atoms with E-state index < -0.39 is 0 Å². The average molecular weight is 239 g/mol. The van der Waals surface area contributed by atoms with Crippen LogP contribution in [0.4, 0.5) is 5.69 Å². The molecule has 0 amide bonds. The number of hydrogen-bond acceptors (Lipinski definition) is 2. The second kappa shape index (κ2) is 5.07. The molecular formula is C13H19ClN2. The van der Waals surface area contributed by atoms with E-state index in [1.807, 2.05) is 18.2 Å². The van der Waals surface area contributed by atoms with Gasteiger partial charge in [0.2, 0.25) is 0 Å². The molecule has 0 saturated carbocycles. The Morgan fingerprint density at radius 1 is 1.38 bits per heavy atom. The number of hydrogen-bond donors (Lipinski definition) is 1. The van der Waals surface area contributed by atoms with Gasteiger partial charge in [0.05, 0.1) is 0 Å². The molecule has 2 rings (SSSR count). The van der Waals surface area contributed by atoms with Crippen LogP contribution in [0.5, 0.6) is 0 Å². The van der Waals surface area contributed by atoms with Crippen molar-refractivity contribution >= 4 is 17.3 Å². The average Bonchev–Trinajstić information content (AvgIpc) is 2.27. The van der Waals surface area contributed by atoms with Crippen molar-refractivity contribution in [1.29, 1.82) is 0 Å². The van der Waals surface area contributed by atoms with E-state index in [2.05, 4.69) is 11.8 Å². The van der Waals surface area contributed by atoms with Crippen LogP contribution < -0.4 is 5.73 Å². The van der Waals surface area contributed by atoms with Gasteiger partial charge >= 0.3 is 0 Å². The smallest absolute Gasteiger partial charge is 0.0410 e. The molecule has 0 spiro atoms. The largest absolute Gasteiger partial charge is 0.398 e. The molecule has 1 aromatic rings. The van der Waals surface area contributed by atoms with Crippen molar-refractivity contribution in [2.75, 3.05) is 18.8 Å². The van der Waals surface area contributed by atoms with Crippen molar-refractivity contribution in [3.63, 3.8) is 0 Å². The molecular weight excluding hydrogens is 220 g/mol. The quantitative estimate of drug-likeness (QED) is 0.802. The fourth-order valence-electron chi connectivity index (χ4n) is 2.17. The Morgan fingerprint density at radius 2 is 2.06 bits per heavy atom. The fourth-order valence-corrected chi connectivity index (χ4v) is 2.37. The van der Waals surface area contributed by atoms with E-state index >= 15 is 0 Å². The zero-order chi connectivity index (χ0) is 11.5. The Labute approximate surface area is 102 Å². The SMILES string of the molecule is CC1CCN(Cc2cc(Cl)ccc2N)CC1. The van der Waals surface area contributed by atoms with Crippen LogP contribution in [0, 0.1) is 5.92 Å². The predicted octanol–water partition coefficient (Wildman–Crippen LogP) is 3.15. The van der Waals surface area contributed by atoms with Crippen LogP contribution >= 0.6 is 11.6 Å². The van der Waals surface area contributed by atoms with Gasteiger partial charge in [-0.1, -0.05) is 18.5 Å². The molecule has 0 atom stereocenters. The molecule has 1 aromatic carbocycles. The summed E-state index contributed by atoms with van der Waals surface area (Å²) >= 11 is 5.98. The molecule has 0 radical (unpaired) electrons. The summed E-state index contributed by atoms with van der Waals surface area (Å²) in [6, 6.07) is 5.72. The number of piperidine rings is 1. The van der Waals surface area contributed by atoms with Crippen molar-refractivity contribution in [3.8, 4) is 0 Å². The first-order chi connectivity index (χ1) is 7.65. The summed E-state index contributed by atoms with van der Waals surface area (Å²) in [4.78, 5) is 2.46. The number of likely N-dealkylation sites (tertiary alicyclic amines) is 1. The summed E-state index contributed by atoms with van der Waals surface area (Å²) in [6.07, 6.45) is 2.58. The first-order valence-electron chi connectivity index (χ1n) is 5.91. The van der Waals surface area contributed by atoms with Gasteiger partial charge in [-0.2, -0.15) is 0 Å². The molecule has 1 fully saturated rings. The molecule has 16 heavy (non-hydrogen) atoms. The summed E-state index contributed by atoms with van der Waals surface area (Å²) in [5, 5.41) is 0.773. The topological polar surface area (TPSA) is 29.3 Å². The van der Waals surface area contributed by atoms with E-state index in [0.29, 0.717) is 0 Å². The lowest BCUT2D eigenvalue weighted by Crippen LogP contribution is -2.32. The second-order valence-electron chi connectivity index (χ2n) is 4.80. The molecule has 1 aliphatic heterocycles. The van der Waals surface area contributed by atoms with Gasteiger partial charge in [-0.15, -0.1) is 0 Å². The zero-order valence-corrected chi connectivity index (χ0v) is 10.5. The Morgan fingerprint density at radius 3 is 2.75 bits per heavy atom. The third kappa shape index (κ3) is 2.89. The zero-order valence-electron chi connectivity index (χ0n) is 9.75. The van der Waals surface area contributed by atoms with Crippen LogP contribution in [0.15, 0.2) is 18.2 Å². The van der Waals surface area contributed by atoms with Gasteiger partial charge < -0.3 is 5.73 Å². The summed E-state index contributed by atoms with van der Waals surface area (Å²) in [5.74, 6) is 0.868. The van der Waals surface area contributed by atoms with Crippen LogP contribution in [0.1, 0.15) is 25.3 Å². The summed E-state index contributed by atoms with van der Waals surface area (Å²) in [6.45, 7) is 5.60. The fraction of sp³-hybridized carbons (Fsp3) is 0.538. The number of nitrogens with zero attached hydrogens (tertiary/aromatic N) is 1. The van der Waals surface area contributed by atoms with Crippen molar-refractivity contribution in [1.82, 2.24) is 4.90 Å². The minimum absolute atomic E-state index is 0.773. The minimum Gasteiger partial charge on any atom is -0.398 e. The van der Waals surface area contributed by atoms with Gasteiger partial charge in [-0.25, -0.2) is 0 Å². The lowest BCUT2D eigenvalue weighted by atomic mass is 9.99. The van der Waals surface area contributed by atoms with Crippen LogP contribution in [-0.2, 0) is 6.54 Å². The Bertz CT molecular complexity index is 357. The maximum absolute atomic E-state index is 5.98.